The van der Waals surface area contributed by atoms with Crippen LogP contribution in [0.25, 0.3) is 0 Å². The van der Waals surface area contributed by atoms with Gasteiger partial charge in [-0.1, -0.05) is 24.3 Å². The number of nitrogens with one attached hydrogen (secondary N) is 1. The number of nitriles is 1. The van der Waals surface area contributed by atoms with Crippen molar-refractivity contribution in [2.75, 3.05) is 0 Å². The summed E-state index contributed by atoms with van der Waals surface area (Å²) in [5.41, 5.74) is 2.48. The molecule has 2 heteroatoms. The Hall–Kier alpha value is -1.33. The van der Waals surface area contributed by atoms with Gasteiger partial charge in [0.25, 0.3) is 0 Å². The van der Waals surface area contributed by atoms with E-state index in [9.17, 15) is 5.26 Å². The van der Waals surface area contributed by atoms with E-state index in [0.717, 1.165) is 19.3 Å². The van der Waals surface area contributed by atoms with Gasteiger partial charge in [-0.2, -0.15) is 5.26 Å². The Balaban J connectivity index is 1.86. The van der Waals surface area contributed by atoms with Crippen molar-refractivity contribution in [1.29, 1.82) is 5.26 Å². The number of aryl methyl sites for hydroxylation is 1. The van der Waals surface area contributed by atoms with Gasteiger partial charge >= 0.3 is 0 Å². The zero-order valence-corrected chi connectivity index (χ0v) is 9.37. The molecule has 2 aliphatic carbocycles. The van der Waals surface area contributed by atoms with E-state index >= 15 is 0 Å². The molecule has 1 aromatic rings. The van der Waals surface area contributed by atoms with Gasteiger partial charge in [-0.15, -0.1) is 0 Å². The monoisotopic (exact) mass is 212 g/mol. The van der Waals surface area contributed by atoms with Crippen molar-refractivity contribution in [3.63, 3.8) is 0 Å². The lowest BCUT2D eigenvalue weighted by Gasteiger charge is -2.33. The summed E-state index contributed by atoms with van der Waals surface area (Å²) in [7, 11) is 0. The van der Waals surface area contributed by atoms with Crippen LogP contribution in [0.15, 0.2) is 24.3 Å². The molecule has 0 spiro atoms. The van der Waals surface area contributed by atoms with Crippen LogP contribution in [0.4, 0.5) is 0 Å². The molecule has 0 saturated heterocycles. The summed E-state index contributed by atoms with van der Waals surface area (Å²) in [6, 6.07) is 11.6. The second kappa shape index (κ2) is 3.61. The molecule has 2 aliphatic rings. The van der Waals surface area contributed by atoms with Crippen molar-refractivity contribution in [2.45, 2.75) is 43.7 Å². The Morgan fingerprint density at radius 2 is 2.00 bits per heavy atom. The molecule has 3 rings (SSSR count). The molecule has 0 aliphatic heterocycles. The Kier molecular flexibility index (Phi) is 2.22. The zero-order valence-electron chi connectivity index (χ0n) is 9.37. The van der Waals surface area contributed by atoms with E-state index < -0.39 is 0 Å². The van der Waals surface area contributed by atoms with Gasteiger partial charge in [-0.3, -0.25) is 5.32 Å². The van der Waals surface area contributed by atoms with E-state index in [0.29, 0.717) is 6.04 Å². The summed E-state index contributed by atoms with van der Waals surface area (Å²) in [5, 5.41) is 13.0. The third kappa shape index (κ3) is 1.72. The highest BCUT2D eigenvalue weighted by Gasteiger charge is 2.38. The van der Waals surface area contributed by atoms with Crippen LogP contribution in [-0.4, -0.2) is 11.6 Å². The second-order valence-electron chi connectivity index (χ2n) is 5.06. The minimum atomic E-state index is -0.296. The molecule has 1 N–H and O–H groups in total. The number of hydrogen-bond acceptors (Lipinski definition) is 2. The predicted molar refractivity (Wildman–Crippen MR) is 63.0 cm³/mol. The van der Waals surface area contributed by atoms with E-state index in [1.807, 2.05) is 0 Å². The van der Waals surface area contributed by atoms with Crippen LogP contribution in [-0.2, 0) is 12.8 Å². The summed E-state index contributed by atoms with van der Waals surface area (Å²) in [4.78, 5) is 0. The molecule has 1 aromatic carbocycles. The van der Waals surface area contributed by atoms with Crippen molar-refractivity contribution >= 4 is 0 Å². The number of fused-ring (bicyclic) bond motifs is 1. The molecule has 0 aromatic heterocycles. The molecule has 0 bridgehead atoms. The molecule has 0 heterocycles. The number of hydrogen-bond donors (Lipinski definition) is 1. The fourth-order valence-electron chi connectivity index (χ4n) is 2.60. The van der Waals surface area contributed by atoms with Gasteiger partial charge in [0.1, 0.15) is 5.54 Å². The van der Waals surface area contributed by atoms with Crippen LogP contribution in [0.2, 0.25) is 0 Å². The third-order valence-electron chi connectivity index (χ3n) is 3.70. The Labute approximate surface area is 96.3 Å². The molecule has 82 valence electrons. The predicted octanol–water partition coefficient (Wildman–Crippen LogP) is 2.19. The fraction of sp³-hybridized carbons (Fsp3) is 0.500. The normalized spacial score (nSPS) is 28.2. The van der Waals surface area contributed by atoms with Crippen LogP contribution in [0.5, 0.6) is 0 Å². The highest BCUT2D eigenvalue weighted by Crippen LogP contribution is 2.32. The van der Waals surface area contributed by atoms with Crippen molar-refractivity contribution in [3.05, 3.63) is 35.4 Å². The summed E-state index contributed by atoms with van der Waals surface area (Å²) >= 11 is 0. The van der Waals surface area contributed by atoms with Crippen LogP contribution in [0, 0.1) is 11.3 Å². The second-order valence-corrected chi connectivity index (χ2v) is 5.06. The van der Waals surface area contributed by atoms with Crippen molar-refractivity contribution < 1.29 is 0 Å². The maximum atomic E-state index is 9.43. The van der Waals surface area contributed by atoms with Gasteiger partial charge < -0.3 is 0 Å². The molecule has 1 unspecified atom stereocenters. The van der Waals surface area contributed by atoms with Crippen LogP contribution < -0.4 is 5.32 Å². The Morgan fingerprint density at radius 1 is 1.25 bits per heavy atom. The molecular formula is C14H16N2. The SMILES string of the molecule is N#CC1(NC2CC2)CCc2ccccc2C1. The van der Waals surface area contributed by atoms with Gasteiger partial charge in [0.05, 0.1) is 6.07 Å². The quantitative estimate of drug-likeness (QED) is 0.815. The topological polar surface area (TPSA) is 35.8 Å². The molecule has 1 saturated carbocycles. The molecule has 16 heavy (non-hydrogen) atoms. The Bertz CT molecular complexity index is 442. The average Bonchev–Trinajstić information content (AvgIpc) is 3.13. The standard InChI is InChI=1S/C14H16N2/c15-10-14(16-13-5-6-13)8-7-11-3-1-2-4-12(11)9-14/h1-4,13,16H,5-9H2. The Morgan fingerprint density at radius 3 is 2.69 bits per heavy atom. The van der Waals surface area contributed by atoms with Crippen LogP contribution in [0.3, 0.4) is 0 Å². The third-order valence-corrected chi connectivity index (χ3v) is 3.70. The average molecular weight is 212 g/mol. The zero-order chi connectivity index (χ0) is 11.0. The van der Waals surface area contributed by atoms with E-state index in [1.54, 1.807) is 0 Å². The molecule has 0 amide bonds. The van der Waals surface area contributed by atoms with Crippen LogP contribution >= 0.6 is 0 Å². The smallest absolute Gasteiger partial charge is 0.111 e. The van der Waals surface area contributed by atoms with E-state index in [4.69, 9.17) is 0 Å². The van der Waals surface area contributed by atoms with E-state index in [2.05, 4.69) is 35.7 Å². The van der Waals surface area contributed by atoms with Gasteiger partial charge in [0, 0.05) is 12.5 Å². The maximum Gasteiger partial charge on any atom is 0.111 e. The van der Waals surface area contributed by atoms with Gasteiger partial charge in [0.2, 0.25) is 0 Å². The lowest BCUT2D eigenvalue weighted by atomic mass is 9.79. The van der Waals surface area contributed by atoms with Crippen molar-refractivity contribution in [3.8, 4) is 6.07 Å². The van der Waals surface area contributed by atoms with Gasteiger partial charge in [-0.25, -0.2) is 0 Å². The fourth-order valence-corrected chi connectivity index (χ4v) is 2.60. The molecule has 0 radical (unpaired) electrons. The highest BCUT2D eigenvalue weighted by molar-refractivity contribution is 5.35. The van der Waals surface area contributed by atoms with Gasteiger partial charge in [-0.05, 0) is 36.8 Å². The first-order chi connectivity index (χ1) is 7.81. The van der Waals surface area contributed by atoms with Crippen LogP contribution in [0.1, 0.15) is 30.4 Å². The molecule has 2 nitrogen and oxygen atoms in total. The maximum absolute atomic E-state index is 9.43. The lowest BCUT2D eigenvalue weighted by molar-refractivity contribution is 0.363. The summed E-state index contributed by atoms with van der Waals surface area (Å²) in [5.74, 6) is 0. The lowest BCUT2D eigenvalue weighted by Crippen LogP contribution is -2.49. The highest BCUT2D eigenvalue weighted by atomic mass is 15.0. The largest absolute Gasteiger partial charge is 0.296 e. The molecular weight excluding hydrogens is 196 g/mol. The summed E-state index contributed by atoms with van der Waals surface area (Å²) < 4.78 is 0. The minimum Gasteiger partial charge on any atom is -0.296 e. The number of rotatable bonds is 2. The number of benzene rings is 1. The first-order valence-electron chi connectivity index (χ1n) is 6.07. The molecule has 1 atom stereocenters. The summed E-state index contributed by atoms with van der Waals surface area (Å²) in [6.07, 6.45) is 5.34. The molecule has 1 fully saturated rings. The first kappa shape index (κ1) is 9.86. The first-order valence-corrected chi connectivity index (χ1v) is 6.07. The minimum absolute atomic E-state index is 0.296. The van der Waals surface area contributed by atoms with E-state index in [1.165, 1.54) is 24.0 Å². The van der Waals surface area contributed by atoms with Crippen molar-refractivity contribution in [1.82, 2.24) is 5.32 Å². The van der Waals surface area contributed by atoms with Gasteiger partial charge in [0.15, 0.2) is 0 Å². The van der Waals surface area contributed by atoms with Crippen molar-refractivity contribution in [2.24, 2.45) is 0 Å². The van der Waals surface area contributed by atoms with E-state index in [-0.39, 0.29) is 5.54 Å². The summed E-state index contributed by atoms with van der Waals surface area (Å²) in [6.45, 7) is 0. The number of nitrogens with zero attached hydrogens (tertiary/aromatic N) is 1.